The molecule has 2 aliphatic heterocycles. The van der Waals surface area contributed by atoms with Gasteiger partial charge >= 0.3 is 6.18 Å². The third-order valence-corrected chi connectivity index (χ3v) is 12.4. The van der Waals surface area contributed by atoms with E-state index in [0.717, 1.165) is 47.0 Å². The smallest absolute Gasteiger partial charge is 0.380 e. The molecule has 2 aromatic rings. The predicted octanol–water partition coefficient (Wildman–Crippen LogP) is 6.07. The number of benzene rings is 2. The molecule has 4 rings (SSSR count). The van der Waals surface area contributed by atoms with Gasteiger partial charge in [-0.05, 0) is 73.2 Å². The van der Waals surface area contributed by atoms with Crippen LogP contribution in [0, 0.1) is 5.92 Å². The fourth-order valence-corrected chi connectivity index (χ4v) is 9.12. The van der Waals surface area contributed by atoms with Crippen LogP contribution in [-0.4, -0.2) is 65.2 Å². The van der Waals surface area contributed by atoms with Gasteiger partial charge in [-0.25, -0.2) is 8.42 Å². The van der Waals surface area contributed by atoms with Gasteiger partial charge in [0.05, 0.1) is 17.1 Å². The number of nitrogens with two attached hydrogens (primary N) is 1. The second-order valence-electron chi connectivity index (χ2n) is 12.5. The van der Waals surface area contributed by atoms with Crippen molar-refractivity contribution in [2.24, 2.45) is 11.7 Å². The molecule has 2 heterocycles. The summed E-state index contributed by atoms with van der Waals surface area (Å²) in [6.45, 7) is 9.38. The molecule has 2 saturated heterocycles. The van der Waals surface area contributed by atoms with Crippen molar-refractivity contribution in [2.45, 2.75) is 80.1 Å². The number of hydrogen-bond donors (Lipinski definition) is 2. The van der Waals surface area contributed by atoms with Crippen molar-refractivity contribution in [3.63, 3.8) is 0 Å². The van der Waals surface area contributed by atoms with Crippen molar-refractivity contribution >= 4 is 34.0 Å². The third-order valence-electron chi connectivity index (χ3n) is 8.23. The number of rotatable bonds is 11. The van der Waals surface area contributed by atoms with Gasteiger partial charge in [-0.2, -0.15) is 17.5 Å². The summed E-state index contributed by atoms with van der Waals surface area (Å²) in [6.07, 6.45) is -2.87. The van der Waals surface area contributed by atoms with Gasteiger partial charge in [0.25, 0.3) is 0 Å². The van der Waals surface area contributed by atoms with Crippen molar-refractivity contribution in [1.82, 2.24) is 9.62 Å². The van der Waals surface area contributed by atoms with Crippen LogP contribution in [-0.2, 0) is 20.9 Å². The van der Waals surface area contributed by atoms with E-state index in [2.05, 4.69) is 53.0 Å². The first kappa shape index (κ1) is 32.6. The van der Waals surface area contributed by atoms with E-state index in [1.807, 2.05) is 12.1 Å². The summed E-state index contributed by atoms with van der Waals surface area (Å²) in [5.41, 5.74) is 6.94. The van der Waals surface area contributed by atoms with Crippen LogP contribution in [0.3, 0.4) is 0 Å². The molecule has 0 saturated carbocycles. The van der Waals surface area contributed by atoms with E-state index in [1.165, 1.54) is 0 Å². The SMILES string of the molecule is C[Si](C)(C)CCOCCNCC1C(N)CC2CC(c3cccc(Br)c3)CC1N2S(=O)(=O)c1ccc(C(F)(F)F)cc1. The zero-order valence-corrected chi connectivity index (χ0v) is 27.2. The fraction of sp³-hybridized carbons (Fsp3) is 0.586. The Bertz CT molecular complexity index is 1270. The van der Waals surface area contributed by atoms with Crippen LogP contribution in [0.5, 0.6) is 0 Å². The summed E-state index contributed by atoms with van der Waals surface area (Å²) in [4.78, 5) is -0.126. The lowest BCUT2D eigenvalue weighted by Crippen LogP contribution is -2.64. The number of fused-ring (bicyclic) bond motifs is 2. The van der Waals surface area contributed by atoms with Crippen LogP contribution in [0.1, 0.15) is 36.3 Å². The van der Waals surface area contributed by atoms with Crippen molar-refractivity contribution < 1.29 is 26.3 Å². The quantitative estimate of drug-likeness (QED) is 0.223. The Morgan fingerprint density at radius 3 is 2.41 bits per heavy atom. The highest BCUT2D eigenvalue weighted by molar-refractivity contribution is 9.10. The van der Waals surface area contributed by atoms with E-state index in [1.54, 1.807) is 4.31 Å². The molecule has 2 aliphatic rings. The lowest BCUT2D eigenvalue weighted by molar-refractivity contribution is -0.137. The van der Waals surface area contributed by atoms with Crippen molar-refractivity contribution in [3.05, 3.63) is 64.1 Å². The Kier molecular flexibility index (Phi) is 10.5. The molecular formula is C29H41BrF3N3O3SSi. The molecule has 0 radical (unpaired) electrons. The largest absolute Gasteiger partial charge is 0.416 e. The summed E-state index contributed by atoms with van der Waals surface area (Å²) in [5.74, 6) is -0.0196. The average molecular weight is 677 g/mol. The number of hydrogen-bond acceptors (Lipinski definition) is 5. The van der Waals surface area contributed by atoms with Gasteiger partial charge in [-0.15, -0.1) is 0 Å². The number of halogens is 4. The Morgan fingerprint density at radius 2 is 1.78 bits per heavy atom. The molecule has 6 nitrogen and oxygen atoms in total. The normalized spacial score (nSPS) is 25.8. The number of ether oxygens (including phenoxy) is 1. The maximum atomic E-state index is 14.0. The maximum absolute atomic E-state index is 14.0. The fourth-order valence-electron chi connectivity index (χ4n) is 6.06. The minimum absolute atomic E-state index is 0.126. The monoisotopic (exact) mass is 675 g/mol. The summed E-state index contributed by atoms with van der Waals surface area (Å²) in [7, 11) is -5.22. The number of sulfonamides is 1. The van der Waals surface area contributed by atoms with E-state index in [4.69, 9.17) is 10.5 Å². The standard InChI is InChI=1S/C29H41BrF3N3O3SSi/c1-41(2,3)14-13-39-12-11-35-19-26-27(34)18-24-16-21(20-5-4-6-23(30)15-20)17-28(26)36(24)40(37,38)25-9-7-22(8-10-25)29(31,32)33/h4-10,15,21,24,26-28,35H,11-14,16-19,34H2,1-3H3. The van der Waals surface area contributed by atoms with Crippen molar-refractivity contribution in [2.75, 3.05) is 26.3 Å². The molecule has 228 valence electrons. The summed E-state index contributed by atoms with van der Waals surface area (Å²) in [5, 5.41) is 3.44. The molecule has 3 N–H and O–H groups in total. The topological polar surface area (TPSA) is 84.7 Å². The zero-order chi connectivity index (χ0) is 30.0. The molecule has 0 spiro atoms. The molecule has 2 bridgehead atoms. The summed E-state index contributed by atoms with van der Waals surface area (Å²) < 4.78 is 75.8. The highest BCUT2D eigenvalue weighted by atomic mass is 79.9. The van der Waals surface area contributed by atoms with E-state index in [-0.39, 0.29) is 28.8 Å². The summed E-state index contributed by atoms with van der Waals surface area (Å²) >= 11 is 3.55. The number of alkyl halides is 3. The zero-order valence-electron chi connectivity index (χ0n) is 23.8. The Morgan fingerprint density at radius 1 is 1.07 bits per heavy atom. The van der Waals surface area contributed by atoms with Crippen LogP contribution in [0.4, 0.5) is 13.2 Å². The Hall–Kier alpha value is -1.28. The minimum atomic E-state index is -4.54. The molecular weight excluding hydrogens is 635 g/mol. The van der Waals surface area contributed by atoms with E-state index in [9.17, 15) is 21.6 Å². The second-order valence-corrected chi connectivity index (χ2v) is 20.9. The first-order valence-electron chi connectivity index (χ1n) is 14.2. The van der Waals surface area contributed by atoms with E-state index in [0.29, 0.717) is 39.0 Å². The van der Waals surface area contributed by atoms with Crippen LogP contribution in [0.15, 0.2) is 57.9 Å². The highest BCUT2D eigenvalue weighted by Gasteiger charge is 2.51. The van der Waals surface area contributed by atoms with Gasteiger partial charge in [-0.3, -0.25) is 0 Å². The molecule has 0 amide bonds. The molecule has 0 aliphatic carbocycles. The number of nitrogens with zero attached hydrogens (tertiary/aromatic N) is 1. The molecule has 5 atom stereocenters. The van der Waals surface area contributed by atoms with Crippen LogP contribution in [0.2, 0.25) is 25.7 Å². The van der Waals surface area contributed by atoms with E-state index < -0.39 is 35.9 Å². The summed E-state index contributed by atoms with van der Waals surface area (Å²) in [6, 6.07) is 12.0. The van der Waals surface area contributed by atoms with Crippen LogP contribution in [0.25, 0.3) is 0 Å². The molecule has 2 aromatic carbocycles. The molecule has 41 heavy (non-hydrogen) atoms. The van der Waals surface area contributed by atoms with Gasteiger partial charge in [0, 0.05) is 56.3 Å². The third kappa shape index (κ3) is 8.21. The Balaban J connectivity index is 1.55. The first-order valence-corrected chi connectivity index (χ1v) is 20.1. The number of nitrogens with one attached hydrogen (secondary N) is 1. The highest BCUT2D eigenvalue weighted by Crippen LogP contribution is 2.46. The van der Waals surface area contributed by atoms with Gasteiger partial charge in [0.15, 0.2) is 0 Å². The van der Waals surface area contributed by atoms with Crippen LogP contribution >= 0.6 is 15.9 Å². The molecule has 12 heteroatoms. The molecule has 5 unspecified atom stereocenters. The maximum Gasteiger partial charge on any atom is 0.416 e. The first-order chi connectivity index (χ1) is 19.2. The Labute approximate surface area is 251 Å². The van der Waals surface area contributed by atoms with Crippen molar-refractivity contribution in [3.8, 4) is 0 Å². The minimum Gasteiger partial charge on any atom is -0.380 e. The molecule has 2 fully saturated rings. The lowest BCUT2D eigenvalue weighted by atomic mass is 9.71. The second kappa shape index (κ2) is 13.2. The number of piperidine rings is 2. The van der Waals surface area contributed by atoms with Gasteiger partial charge in [0.2, 0.25) is 10.0 Å². The van der Waals surface area contributed by atoms with Gasteiger partial charge in [-0.1, -0.05) is 47.7 Å². The average Bonchev–Trinajstić information content (AvgIpc) is 2.88. The molecule has 0 aromatic heterocycles. The van der Waals surface area contributed by atoms with Gasteiger partial charge in [0.1, 0.15) is 0 Å². The van der Waals surface area contributed by atoms with Gasteiger partial charge < -0.3 is 15.8 Å². The lowest BCUT2D eigenvalue weighted by Gasteiger charge is -2.53. The predicted molar refractivity (Wildman–Crippen MR) is 162 cm³/mol. The van der Waals surface area contributed by atoms with Crippen molar-refractivity contribution in [1.29, 1.82) is 0 Å². The van der Waals surface area contributed by atoms with Crippen LogP contribution < -0.4 is 11.1 Å². The van der Waals surface area contributed by atoms with E-state index >= 15 is 0 Å².